The Morgan fingerprint density at radius 1 is 0.974 bits per heavy atom. The molecule has 3 aromatic rings. The first-order valence-corrected chi connectivity index (χ1v) is 12.9. The van der Waals surface area contributed by atoms with Gasteiger partial charge >= 0.3 is 0 Å². The molecule has 0 aliphatic carbocycles. The zero-order chi connectivity index (χ0) is 27.4. The van der Waals surface area contributed by atoms with Crippen LogP contribution in [-0.2, 0) is 9.59 Å². The molecule has 1 fully saturated rings. The highest BCUT2D eigenvalue weighted by atomic mass is 16.5. The van der Waals surface area contributed by atoms with Gasteiger partial charge in [0.2, 0.25) is 0 Å². The Morgan fingerprint density at radius 2 is 1.68 bits per heavy atom. The maximum absolute atomic E-state index is 13.5. The van der Waals surface area contributed by atoms with Crippen molar-refractivity contribution in [1.29, 1.82) is 0 Å². The zero-order valence-corrected chi connectivity index (χ0v) is 22.5. The lowest BCUT2D eigenvalue weighted by Crippen LogP contribution is -2.29. The van der Waals surface area contributed by atoms with Crippen molar-refractivity contribution in [3.05, 3.63) is 89.0 Å². The molecule has 0 aromatic heterocycles. The first-order chi connectivity index (χ1) is 18.3. The predicted octanol–water partition coefficient (Wildman–Crippen LogP) is 5.87. The number of ketones is 1. The van der Waals surface area contributed by atoms with E-state index in [2.05, 4.69) is 18.7 Å². The first kappa shape index (κ1) is 26.8. The number of carbonyl (C=O) groups is 2. The van der Waals surface area contributed by atoms with E-state index >= 15 is 0 Å². The summed E-state index contributed by atoms with van der Waals surface area (Å²) in [6.07, 6.45) is 0. The van der Waals surface area contributed by atoms with Crippen LogP contribution < -0.4 is 19.3 Å². The smallest absolute Gasteiger partial charge is 0.300 e. The SMILES string of the molecule is CCOc1ccc(/C(O)=C2\C(=O)C(=O)N(c3cccc(OC)c3)C2c2ccc(N(CC)CC)cc2)cc1C. The van der Waals surface area contributed by atoms with E-state index in [1.54, 1.807) is 49.6 Å². The van der Waals surface area contributed by atoms with E-state index in [0.717, 1.165) is 24.3 Å². The van der Waals surface area contributed by atoms with Crippen LogP contribution in [0.5, 0.6) is 11.5 Å². The van der Waals surface area contributed by atoms with E-state index in [4.69, 9.17) is 9.47 Å². The summed E-state index contributed by atoms with van der Waals surface area (Å²) in [5.41, 5.74) is 3.56. The van der Waals surface area contributed by atoms with Gasteiger partial charge in [-0.3, -0.25) is 14.5 Å². The molecule has 4 rings (SSSR count). The van der Waals surface area contributed by atoms with Crippen LogP contribution in [0.25, 0.3) is 5.76 Å². The van der Waals surface area contributed by atoms with E-state index in [9.17, 15) is 14.7 Å². The molecule has 1 amide bonds. The molecule has 1 aliphatic rings. The number of carbonyl (C=O) groups excluding carboxylic acids is 2. The molecular weight excluding hydrogens is 480 g/mol. The fourth-order valence-electron chi connectivity index (χ4n) is 4.90. The third-order valence-corrected chi connectivity index (χ3v) is 6.86. The molecule has 1 unspecified atom stereocenters. The van der Waals surface area contributed by atoms with Gasteiger partial charge in [0.1, 0.15) is 17.3 Å². The normalized spacial score (nSPS) is 16.6. The number of ether oxygens (including phenoxy) is 2. The van der Waals surface area contributed by atoms with Crippen molar-refractivity contribution < 1.29 is 24.2 Å². The highest BCUT2D eigenvalue weighted by Crippen LogP contribution is 2.43. The molecule has 1 N–H and O–H groups in total. The Kier molecular flexibility index (Phi) is 8.05. The standard InChI is InChI=1S/C31H34N2O5/c1-6-32(7-2)23-15-12-21(13-16-23)28-27(29(34)22-14-17-26(38-8-3)20(4)18-22)30(35)31(36)33(28)24-10-9-11-25(19-24)37-5/h9-19,28,34H,6-8H2,1-5H3/b29-27+. The Balaban J connectivity index is 1.89. The van der Waals surface area contributed by atoms with Crippen molar-refractivity contribution in [2.75, 3.05) is 36.6 Å². The van der Waals surface area contributed by atoms with E-state index < -0.39 is 17.7 Å². The Morgan fingerprint density at radius 3 is 2.29 bits per heavy atom. The number of amides is 1. The van der Waals surface area contributed by atoms with Gasteiger partial charge in [-0.1, -0.05) is 18.2 Å². The van der Waals surface area contributed by atoms with Gasteiger partial charge in [-0.25, -0.2) is 0 Å². The average molecular weight is 515 g/mol. The highest BCUT2D eigenvalue weighted by molar-refractivity contribution is 6.51. The monoisotopic (exact) mass is 514 g/mol. The van der Waals surface area contributed by atoms with Gasteiger partial charge in [-0.05, 0) is 81.3 Å². The number of hydrogen-bond acceptors (Lipinski definition) is 6. The molecular formula is C31H34N2O5. The summed E-state index contributed by atoms with van der Waals surface area (Å²) in [4.78, 5) is 30.6. The van der Waals surface area contributed by atoms with Crippen molar-refractivity contribution in [1.82, 2.24) is 0 Å². The molecule has 1 aliphatic heterocycles. The Hall–Kier alpha value is -4.26. The number of Topliss-reactive ketones (excluding diaryl/α,β-unsaturated/α-hetero) is 1. The van der Waals surface area contributed by atoms with Crippen molar-refractivity contribution in [3.63, 3.8) is 0 Å². The number of methoxy groups -OCH3 is 1. The molecule has 0 saturated carbocycles. The van der Waals surface area contributed by atoms with Gasteiger partial charge in [0, 0.05) is 36.1 Å². The number of aryl methyl sites for hydroxylation is 1. The number of hydrogen-bond donors (Lipinski definition) is 1. The largest absolute Gasteiger partial charge is 0.507 e. The first-order valence-electron chi connectivity index (χ1n) is 12.9. The van der Waals surface area contributed by atoms with Crippen LogP contribution in [0.2, 0.25) is 0 Å². The number of nitrogens with zero attached hydrogens (tertiary/aromatic N) is 2. The minimum atomic E-state index is -0.820. The molecule has 38 heavy (non-hydrogen) atoms. The Bertz CT molecular complexity index is 1360. The lowest BCUT2D eigenvalue weighted by molar-refractivity contribution is -0.132. The summed E-state index contributed by atoms with van der Waals surface area (Å²) in [7, 11) is 1.55. The minimum Gasteiger partial charge on any atom is -0.507 e. The fraction of sp³-hybridized carbons (Fsp3) is 0.290. The molecule has 3 aromatic carbocycles. The van der Waals surface area contributed by atoms with E-state index in [-0.39, 0.29) is 11.3 Å². The summed E-state index contributed by atoms with van der Waals surface area (Å²) >= 11 is 0. The third-order valence-electron chi connectivity index (χ3n) is 6.86. The summed E-state index contributed by atoms with van der Waals surface area (Å²) in [6.45, 7) is 10.2. The quantitative estimate of drug-likeness (QED) is 0.218. The zero-order valence-electron chi connectivity index (χ0n) is 22.5. The van der Waals surface area contributed by atoms with Crippen molar-refractivity contribution in [2.45, 2.75) is 33.7 Å². The fourth-order valence-corrected chi connectivity index (χ4v) is 4.90. The summed E-state index contributed by atoms with van der Waals surface area (Å²) in [5.74, 6) is -0.417. The molecule has 7 nitrogen and oxygen atoms in total. The summed E-state index contributed by atoms with van der Waals surface area (Å²) in [5, 5.41) is 11.5. The lowest BCUT2D eigenvalue weighted by Gasteiger charge is -2.27. The van der Waals surface area contributed by atoms with Gasteiger partial charge in [-0.2, -0.15) is 0 Å². The number of aliphatic hydroxyl groups is 1. The van der Waals surface area contributed by atoms with E-state index in [1.165, 1.54) is 4.90 Å². The molecule has 198 valence electrons. The van der Waals surface area contributed by atoms with Crippen LogP contribution in [0.1, 0.15) is 43.5 Å². The van der Waals surface area contributed by atoms with Gasteiger partial charge in [0.25, 0.3) is 11.7 Å². The Labute approximate surface area is 223 Å². The van der Waals surface area contributed by atoms with Crippen LogP contribution in [0, 0.1) is 6.92 Å². The second-order valence-electron chi connectivity index (χ2n) is 9.05. The summed E-state index contributed by atoms with van der Waals surface area (Å²) < 4.78 is 11.0. The molecule has 1 saturated heterocycles. The van der Waals surface area contributed by atoms with Crippen LogP contribution in [-0.4, -0.2) is 43.6 Å². The molecule has 0 radical (unpaired) electrons. The maximum Gasteiger partial charge on any atom is 0.300 e. The molecule has 0 bridgehead atoms. The number of anilines is 2. The van der Waals surface area contributed by atoms with E-state index in [1.807, 2.05) is 38.1 Å². The van der Waals surface area contributed by atoms with Crippen LogP contribution in [0.4, 0.5) is 11.4 Å². The predicted molar refractivity (Wildman–Crippen MR) is 150 cm³/mol. The number of benzene rings is 3. The van der Waals surface area contributed by atoms with Crippen molar-refractivity contribution in [3.8, 4) is 11.5 Å². The molecule has 7 heteroatoms. The van der Waals surface area contributed by atoms with Crippen molar-refractivity contribution in [2.24, 2.45) is 0 Å². The summed E-state index contributed by atoms with van der Waals surface area (Å²) in [6, 6.07) is 19.2. The van der Waals surface area contributed by atoms with Crippen LogP contribution in [0.15, 0.2) is 72.3 Å². The molecule has 1 atom stereocenters. The van der Waals surface area contributed by atoms with E-state index in [0.29, 0.717) is 34.9 Å². The third kappa shape index (κ3) is 4.96. The van der Waals surface area contributed by atoms with Crippen LogP contribution in [0.3, 0.4) is 0 Å². The average Bonchev–Trinajstić information content (AvgIpc) is 3.20. The number of aliphatic hydroxyl groups excluding tert-OH is 1. The second-order valence-corrected chi connectivity index (χ2v) is 9.05. The maximum atomic E-state index is 13.5. The van der Waals surface area contributed by atoms with Gasteiger partial charge in [0.15, 0.2) is 0 Å². The highest BCUT2D eigenvalue weighted by Gasteiger charge is 2.47. The molecule has 1 heterocycles. The minimum absolute atomic E-state index is 0.0389. The lowest BCUT2D eigenvalue weighted by atomic mass is 9.94. The second kappa shape index (κ2) is 11.4. The van der Waals surface area contributed by atoms with Crippen LogP contribution >= 0.6 is 0 Å². The van der Waals surface area contributed by atoms with Gasteiger partial charge in [-0.15, -0.1) is 0 Å². The van der Waals surface area contributed by atoms with Gasteiger partial charge < -0.3 is 19.5 Å². The topological polar surface area (TPSA) is 79.3 Å². The number of rotatable bonds is 9. The van der Waals surface area contributed by atoms with Crippen molar-refractivity contribution >= 4 is 28.8 Å². The van der Waals surface area contributed by atoms with Gasteiger partial charge in [0.05, 0.1) is 25.3 Å². The molecule has 0 spiro atoms.